The van der Waals surface area contributed by atoms with Gasteiger partial charge < -0.3 is 9.80 Å². The van der Waals surface area contributed by atoms with Crippen molar-refractivity contribution in [2.75, 3.05) is 57.8 Å². The molecule has 0 saturated carbocycles. The third-order valence-corrected chi connectivity index (χ3v) is 7.25. The minimum absolute atomic E-state index is 0.157. The van der Waals surface area contributed by atoms with Crippen LogP contribution in [-0.2, 0) is 19.4 Å². The van der Waals surface area contributed by atoms with Gasteiger partial charge in [-0.3, -0.25) is 14.4 Å². The maximum absolute atomic E-state index is 13.3. The Balaban J connectivity index is 1.57. The van der Waals surface area contributed by atoms with E-state index in [0.717, 1.165) is 57.7 Å². The van der Waals surface area contributed by atoms with E-state index in [1.54, 1.807) is 0 Å². The minimum Gasteiger partial charge on any atom is -0.335 e. The number of nitrogens with zero attached hydrogens (tertiary/aromatic N) is 5. The predicted octanol–water partition coefficient (Wildman–Crippen LogP) is 1.59. The molecule has 6 nitrogen and oxygen atoms in total. The van der Waals surface area contributed by atoms with Crippen molar-refractivity contribution < 1.29 is 4.79 Å². The van der Waals surface area contributed by atoms with E-state index in [4.69, 9.17) is 5.10 Å². The molecular formula is C20H33N5OS. The molecule has 1 aromatic rings. The lowest BCUT2D eigenvalue weighted by atomic mass is 9.90. The summed E-state index contributed by atoms with van der Waals surface area (Å²) in [4.78, 5) is 20.3. The molecule has 3 aliphatic rings. The molecule has 1 aliphatic carbocycles. The maximum Gasteiger partial charge on any atom is 0.274 e. The summed E-state index contributed by atoms with van der Waals surface area (Å²) in [5.74, 6) is 2.64. The molecule has 3 heterocycles. The van der Waals surface area contributed by atoms with Gasteiger partial charge in [0.1, 0.15) is 0 Å². The Bertz CT molecular complexity index is 662. The first-order valence-electron chi connectivity index (χ1n) is 10.6. The molecule has 1 atom stereocenters. The van der Waals surface area contributed by atoms with E-state index in [1.165, 1.54) is 42.3 Å². The molecule has 0 N–H and O–H groups in total. The van der Waals surface area contributed by atoms with Crippen molar-refractivity contribution in [1.29, 1.82) is 0 Å². The molecule has 150 valence electrons. The summed E-state index contributed by atoms with van der Waals surface area (Å²) < 4.78 is 2.14. The lowest BCUT2D eigenvalue weighted by Crippen LogP contribution is -2.48. The van der Waals surface area contributed by atoms with Gasteiger partial charge in [-0.25, -0.2) is 0 Å². The highest BCUT2D eigenvalue weighted by molar-refractivity contribution is 7.99. The Labute approximate surface area is 167 Å². The van der Waals surface area contributed by atoms with Crippen LogP contribution in [0, 0.1) is 0 Å². The molecule has 4 rings (SSSR count). The average Bonchev–Trinajstić information content (AvgIpc) is 3.07. The quantitative estimate of drug-likeness (QED) is 0.780. The molecule has 2 saturated heterocycles. The first kappa shape index (κ1) is 19.3. The van der Waals surface area contributed by atoms with Gasteiger partial charge in [0.15, 0.2) is 5.69 Å². The zero-order valence-corrected chi connectivity index (χ0v) is 17.6. The van der Waals surface area contributed by atoms with Crippen LogP contribution in [0.15, 0.2) is 0 Å². The van der Waals surface area contributed by atoms with Crippen molar-refractivity contribution in [3.8, 4) is 0 Å². The van der Waals surface area contributed by atoms with Crippen LogP contribution in [0.25, 0.3) is 0 Å². The van der Waals surface area contributed by atoms with E-state index in [1.807, 2.05) is 4.90 Å². The predicted molar refractivity (Wildman–Crippen MR) is 111 cm³/mol. The number of aryl methyl sites for hydroxylation is 1. The number of rotatable bonds is 4. The van der Waals surface area contributed by atoms with Crippen LogP contribution in [0.3, 0.4) is 0 Å². The van der Waals surface area contributed by atoms with Gasteiger partial charge in [-0.2, -0.15) is 16.9 Å². The van der Waals surface area contributed by atoms with Gasteiger partial charge in [0, 0.05) is 74.6 Å². The Morgan fingerprint density at radius 3 is 2.59 bits per heavy atom. The number of fused-ring (bicyclic) bond motifs is 1. The normalized spacial score (nSPS) is 24.8. The zero-order valence-electron chi connectivity index (χ0n) is 16.8. The van der Waals surface area contributed by atoms with Crippen LogP contribution in [0.1, 0.15) is 41.5 Å². The largest absolute Gasteiger partial charge is 0.335 e. The summed E-state index contributed by atoms with van der Waals surface area (Å²) in [5, 5.41) is 4.84. The molecule has 0 aromatic carbocycles. The van der Waals surface area contributed by atoms with Gasteiger partial charge >= 0.3 is 0 Å². The van der Waals surface area contributed by atoms with Crippen LogP contribution in [0.2, 0.25) is 0 Å². The molecule has 0 unspecified atom stereocenters. The molecule has 2 fully saturated rings. The second kappa shape index (κ2) is 8.53. The van der Waals surface area contributed by atoms with Crippen LogP contribution in [0.4, 0.5) is 0 Å². The van der Waals surface area contributed by atoms with Gasteiger partial charge in [0.05, 0.1) is 0 Å². The van der Waals surface area contributed by atoms with Crippen molar-refractivity contribution in [2.24, 2.45) is 0 Å². The van der Waals surface area contributed by atoms with Gasteiger partial charge in [0.25, 0.3) is 5.91 Å². The number of thioether (sulfide) groups is 1. The fourth-order valence-electron chi connectivity index (χ4n) is 4.65. The molecule has 1 amide bonds. The number of carbonyl (C=O) groups is 1. The summed E-state index contributed by atoms with van der Waals surface area (Å²) in [6.45, 7) is 9.03. The van der Waals surface area contributed by atoms with E-state index in [-0.39, 0.29) is 5.91 Å². The Kier molecular flexibility index (Phi) is 6.09. The highest BCUT2D eigenvalue weighted by Crippen LogP contribution is 2.30. The Morgan fingerprint density at radius 2 is 1.89 bits per heavy atom. The molecular weight excluding hydrogens is 358 g/mol. The Morgan fingerprint density at radius 1 is 1.15 bits per heavy atom. The van der Waals surface area contributed by atoms with E-state index < -0.39 is 0 Å². The van der Waals surface area contributed by atoms with Crippen LogP contribution in [0.5, 0.6) is 0 Å². The van der Waals surface area contributed by atoms with E-state index in [9.17, 15) is 4.79 Å². The molecule has 2 aliphatic heterocycles. The molecule has 27 heavy (non-hydrogen) atoms. The van der Waals surface area contributed by atoms with E-state index >= 15 is 0 Å². The summed E-state index contributed by atoms with van der Waals surface area (Å²) in [6, 6.07) is 0.580. The fraction of sp³-hybridized carbons (Fsp3) is 0.800. The van der Waals surface area contributed by atoms with Gasteiger partial charge in [-0.15, -0.1) is 0 Å². The second-order valence-corrected chi connectivity index (χ2v) is 9.36. The lowest BCUT2D eigenvalue weighted by Gasteiger charge is -2.37. The second-order valence-electron chi connectivity index (χ2n) is 8.14. The number of carbonyl (C=O) groups excluding carboxylic acids is 1. The standard InChI is InChI=1S/C20H33N5OS/c1-3-6-25-18-5-4-16(23-11-13-27-14-12-23)15-17(18)19(21-25)20(26)24-9-7-22(2)8-10-24/h16H,3-15H2,1-2H3/t16-/m0/s1. The monoisotopic (exact) mass is 391 g/mol. The van der Waals surface area contributed by atoms with E-state index in [0.29, 0.717) is 6.04 Å². The van der Waals surface area contributed by atoms with Crippen LogP contribution < -0.4 is 0 Å². The lowest BCUT2D eigenvalue weighted by molar-refractivity contribution is 0.0655. The molecule has 0 bridgehead atoms. The highest BCUT2D eigenvalue weighted by Gasteiger charge is 2.34. The fourth-order valence-corrected chi connectivity index (χ4v) is 5.58. The minimum atomic E-state index is 0.157. The van der Waals surface area contributed by atoms with Crippen molar-refractivity contribution in [2.45, 2.75) is 45.2 Å². The Hall–Kier alpha value is -1.05. The van der Waals surface area contributed by atoms with Crippen molar-refractivity contribution in [1.82, 2.24) is 24.5 Å². The summed E-state index contributed by atoms with van der Waals surface area (Å²) in [7, 11) is 2.13. The van der Waals surface area contributed by atoms with Crippen molar-refractivity contribution in [3.63, 3.8) is 0 Å². The average molecular weight is 392 g/mol. The molecule has 1 aromatic heterocycles. The molecule has 0 spiro atoms. The third-order valence-electron chi connectivity index (χ3n) is 6.31. The SMILES string of the molecule is CCCn1nc(C(=O)N2CCN(C)CC2)c2c1CC[C@H](N1CCSCC1)C2. The highest BCUT2D eigenvalue weighted by atomic mass is 32.2. The smallest absolute Gasteiger partial charge is 0.274 e. The van der Waals surface area contributed by atoms with Crippen molar-refractivity contribution >= 4 is 17.7 Å². The number of amides is 1. The van der Waals surface area contributed by atoms with Gasteiger partial charge in [-0.1, -0.05) is 6.92 Å². The molecule has 7 heteroatoms. The van der Waals surface area contributed by atoms with Crippen molar-refractivity contribution in [3.05, 3.63) is 17.0 Å². The number of hydrogen-bond acceptors (Lipinski definition) is 5. The first-order chi connectivity index (χ1) is 13.2. The van der Waals surface area contributed by atoms with Gasteiger partial charge in [0.2, 0.25) is 0 Å². The summed E-state index contributed by atoms with van der Waals surface area (Å²) in [5.41, 5.74) is 3.33. The topological polar surface area (TPSA) is 44.6 Å². The summed E-state index contributed by atoms with van der Waals surface area (Å²) >= 11 is 2.06. The summed E-state index contributed by atoms with van der Waals surface area (Å²) in [6.07, 6.45) is 4.32. The number of piperazine rings is 1. The number of likely N-dealkylation sites (N-methyl/N-ethyl adjacent to an activating group) is 1. The number of hydrogen-bond donors (Lipinski definition) is 0. The number of aromatic nitrogens is 2. The maximum atomic E-state index is 13.3. The first-order valence-corrected chi connectivity index (χ1v) is 11.7. The van der Waals surface area contributed by atoms with E-state index in [2.05, 4.69) is 40.2 Å². The van der Waals surface area contributed by atoms with Gasteiger partial charge in [-0.05, 0) is 32.7 Å². The zero-order chi connectivity index (χ0) is 18.8. The molecule has 0 radical (unpaired) electrons. The van der Waals surface area contributed by atoms with Crippen LogP contribution >= 0.6 is 11.8 Å². The third kappa shape index (κ3) is 4.05. The van der Waals surface area contributed by atoms with Crippen LogP contribution in [-0.4, -0.2) is 94.3 Å².